The number of carbonyl (C=O) groups excluding carboxylic acids is 1. The molecule has 3 aromatic rings. The number of nitrogens with zero attached hydrogens (tertiary/aromatic N) is 2. The molecule has 0 saturated carbocycles. The SMILES string of the molecule is Cc1cc([N+](=O)[O-])cc(/C=N\NC(=O)CNc2ccc3ccccc3c2)c1[O-]. The van der Waals surface area contributed by atoms with Crippen molar-refractivity contribution in [1.29, 1.82) is 0 Å². The number of nitro groups is 1. The van der Waals surface area contributed by atoms with E-state index in [0.717, 1.165) is 28.7 Å². The maximum absolute atomic E-state index is 12.0. The summed E-state index contributed by atoms with van der Waals surface area (Å²) >= 11 is 0. The topological polar surface area (TPSA) is 120 Å². The molecule has 1 amide bonds. The minimum atomic E-state index is -0.587. The Morgan fingerprint density at radius 2 is 1.89 bits per heavy atom. The lowest BCUT2D eigenvalue weighted by Gasteiger charge is -2.13. The fourth-order valence-electron chi connectivity index (χ4n) is 2.68. The van der Waals surface area contributed by atoms with E-state index in [1.807, 2.05) is 42.5 Å². The van der Waals surface area contributed by atoms with E-state index in [4.69, 9.17) is 0 Å². The van der Waals surface area contributed by atoms with Crippen LogP contribution < -0.4 is 15.8 Å². The maximum Gasteiger partial charge on any atom is 0.270 e. The molecule has 0 heterocycles. The molecule has 0 radical (unpaired) electrons. The number of amides is 1. The normalized spacial score (nSPS) is 10.9. The standard InChI is InChI=1S/C20H18N4O4/c1-13-8-18(24(27)28)10-16(20(13)26)11-22-23-19(25)12-21-17-7-6-14-4-2-3-5-15(14)9-17/h2-11,21,26H,12H2,1H3,(H,23,25)/p-1/b22-11-. The quantitative estimate of drug-likeness (QED) is 0.389. The first kappa shape index (κ1) is 18.8. The Kier molecular flexibility index (Phi) is 5.50. The Labute approximate surface area is 160 Å². The summed E-state index contributed by atoms with van der Waals surface area (Å²) in [5, 5.41) is 31.7. The molecule has 0 unspecified atom stereocenters. The Balaban J connectivity index is 1.60. The average Bonchev–Trinajstić information content (AvgIpc) is 2.69. The third-order valence-corrected chi connectivity index (χ3v) is 4.09. The van der Waals surface area contributed by atoms with Crippen LogP contribution in [0.15, 0.2) is 59.7 Å². The van der Waals surface area contributed by atoms with E-state index < -0.39 is 10.8 Å². The first-order valence-electron chi connectivity index (χ1n) is 8.44. The summed E-state index contributed by atoms with van der Waals surface area (Å²) in [5.74, 6) is -0.795. The summed E-state index contributed by atoms with van der Waals surface area (Å²) < 4.78 is 0. The molecule has 0 aliphatic carbocycles. The smallest absolute Gasteiger partial charge is 0.270 e. The van der Waals surface area contributed by atoms with Gasteiger partial charge in [0.2, 0.25) is 0 Å². The van der Waals surface area contributed by atoms with E-state index in [9.17, 15) is 20.0 Å². The lowest BCUT2D eigenvalue weighted by molar-refractivity contribution is -0.385. The molecule has 0 fully saturated rings. The molecule has 28 heavy (non-hydrogen) atoms. The molecule has 8 nitrogen and oxygen atoms in total. The molecule has 3 aromatic carbocycles. The van der Waals surface area contributed by atoms with E-state index in [1.165, 1.54) is 13.0 Å². The molecule has 0 bridgehead atoms. The number of hydrogen-bond acceptors (Lipinski definition) is 6. The van der Waals surface area contributed by atoms with Gasteiger partial charge in [0.15, 0.2) is 0 Å². The van der Waals surface area contributed by atoms with Crippen molar-refractivity contribution in [3.63, 3.8) is 0 Å². The zero-order chi connectivity index (χ0) is 20.1. The Morgan fingerprint density at radius 3 is 2.64 bits per heavy atom. The predicted octanol–water partition coefficient (Wildman–Crippen LogP) is 2.69. The van der Waals surface area contributed by atoms with Crippen LogP contribution in [0.25, 0.3) is 10.8 Å². The highest BCUT2D eigenvalue weighted by Crippen LogP contribution is 2.24. The number of rotatable bonds is 6. The van der Waals surface area contributed by atoms with Crippen LogP contribution in [0, 0.1) is 17.0 Å². The summed E-state index contributed by atoms with van der Waals surface area (Å²) in [5.41, 5.74) is 3.15. The average molecular weight is 377 g/mol. The number of aryl methyl sites for hydroxylation is 1. The van der Waals surface area contributed by atoms with E-state index in [2.05, 4.69) is 15.8 Å². The fourth-order valence-corrected chi connectivity index (χ4v) is 2.68. The zero-order valence-corrected chi connectivity index (χ0v) is 15.0. The molecular weight excluding hydrogens is 360 g/mol. The highest BCUT2D eigenvalue weighted by Gasteiger charge is 2.08. The second kappa shape index (κ2) is 8.17. The number of anilines is 1. The molecule has 8 heteroatoms. The van der Waals surface area contributed by atoms with E-state index >= 15 is 0 Å². The molecule has 142 valence electrons. The molecule has 0 atom stereocenters. The van der Waals surface area contributed by atoms with Crippen LogP contribution in [0.3, 0.4) is 0 Å². The van der Waals surface area contributed by atoms with Crippen molar-refractivity contribution in [2.24, 2.45) is 5.10 Å². The third-order valence-electron chi connectivity index (χ3n) is 4.09. The van der Waals surface area contributed by atoms with Gasteiger partial charge < -0.3 is 10.4 Å². The van der Waals surface area contributed by atoms with Crippen molar-refractivity contribution >= 4 is 34.3 Å². The highest BCUT2D eigenvalue weighted by atomic mass is 16.6. The van der Waals surface area contributed by atoms with Gasteiger partial charge in [-0.25, -0.2) is 5.43 Å². The maximum atomic E-state index is 12.0. The van der Waals surface area contributed by atoms with E-state index in [-0.39, 0.29) is 29.1 Å². The molecule has 0 aromatic heterocycles. The van der Waals surface area contributed by atoms with Gasteiger partial charge in [-0.3, -0.25) is 14.9 Å². The van der Waals surface area contributed by atoms with Crippen LogP contribution in [-0.4, -0.2) is 23.6 Å². The monoisotopic (exact) mass is 377 g/mol. The largest absolute Gasteiger partial charge is 0.872 e. The minimum absolute atomic E-state index is 0.0200. The van der Waals surface area contributed by atoms with Gasteiger partial charge in [-0.15, -0.1) is 0 Å². The van der Waals surface area contributed by atoms with Crippen molar-refractivity contribution in [3.8, 4) is 5.75 Å². The highest BCUT2D eigenvalue weighted by molar-refractivity contribution is 5.88. The van der Waals surface area contributed by atoms with Gasteiger partial charge in [0.05, 0.1) is 17.7 Å². The minimum Gasteiger partial charge on any atom is -0.872 e. The van der Waals surface area contributed by atoms with Gasteiger partial charge in [0.25, 0.3) is 11.6 Å². The van der Waals surface area contributed by atoms with Crippen LogP contribution in [0.4, 0.5) is 11.4 Å². The van der Waals surface area contributed by atoms with Crippen molar-refractivity contribution in [3.05, 3.63) is 75.8 Å². The van der Waals surface area contributed by atoms with Crippen LogP contribution >= 0.6 is 0 Å². The molecule has 0 spiro atoms. The van der Waals surface area contributed by atoms with Crippen molar-refractivity contribution in [2.75, 3.05) is 11.9 Å². The molecule has 3 rings (SSSR count). The summed E-state index contributed by atoms with van der Waals surface area (Å²) in [6, 6.07) is 15.9. The second-order valence-corrected chi connectivity index (χ2v) is 6.15. The lowest BCUT2D eigenvalue weighted by atomic mass is 10.1. The van der Waals surface area contributed by atoms with Crippen molar-refractivity contribution in [2.45, 2.75) is 6.92 Å². The number of benzene rings is 3. The predicted molar refractivity (Wildman–Crippen MR) is 105 cm³/mol. The number of nitrogens with one attached hydrogen (secondary N) is 2. The molecule has 2 N–H and O–H groups in total. The number of fused-ring (bicyclic) bond motifs is 1. The van der Waals surface area contributed by atoms with Gasteiger partial charge in [0.1, 0.15) is 0 Å². The summed E-state index contributed by atoms with van der Waals surface area (Å²) in [6.07, 6.45) is 1.11. The fraction of sp³-hybridized carbons (Fsp3) is 0.100. The summed E-state index contributed by atoms with van der Waals surface area (Å²) in [4.78, 5) is 22.2. The van der Waals surface area contributed by atoms with Gasteiger partial charge in [-0.1, -0.05) is 41.6 Å². The van der Waals surface area contributed by atoms with Crippen molar-refractivity contribution < 1.29 is 14.8 Å². The number of nitro benzene ring substituents is 1. The van der Waals surface area contributed by atoms with Crippen molar-refractivity contribution in [1.82, 2.24) is 5.43 Å². The number of hydrogen-bond donors (Lipinski definition) is 2. The number of carbonyl (C=O) groups is 1. The molecule has 0 saturated heterocycles. The first-order chi connectivity index (χ1) is 13.4. The number of hydrazone groups is 1. The van der Waals surface area contributed by atoms with Gasteiger partial charge >= 0.3 is 0 Å². The molecular formula is C20H17N4O4-. The lowest BCUT2D eigenvalue weighted by Crippen LogP contribution is -2.25. The van der Waals surface area contributed by atoms with Gasteiger partial charge in [0, 0.05) is 17.8 Å². The van der Waals surface area contributed by atoms with Gasteiger partial charge in [-0.05, 0) is 35.4 Å². The third kappa shape index (κ3) is 4.42. The van der Waals surface area contributed by atoms with Gasteiger partial charge in [-0.2, -0.15) is 5.10 Å². The summed E-state index contributed by atoms with van der Waals surface area (Å²) in [6.45, 7) is 1.46. The second-order valence-electron chi connectivity index (χ2n) is 6.15. The van der Waals surface area contributed by atoms with Crippen LogP contribution in [-0.2, 0) is 4.79 Å². The first-order valence-corrected chi connectivity index (χ1v) is 8.44. The van der Waals surface area contributed by atoms with Crippen LogP contribution in [0.2, 0.25) is 0 Å². The van der Waals surface area contributed by atoms with E-state index in [1.54, 1.807) is 0 Å². The van der Waals surface area contributed by atoms with Crippen LogP contribution in [0.1, 0.15) is 11.1 Å². The molecule has 0 aliphatic heterocycles. The summed E-state index contributed by atoms with van der Waals surface area (Å²) in [7, 11) is 0. The Morgan fingerprint density at radius 1 is 1.14 bits per heavy atom. The zero-order valence-electron chi connectivity index (χ0n) is 15.0. The van der Waals surface area contributed by atoms with E-state index in [0.29, 0.717) is 0 Å². The number of non-ortho nitro benzene ring substituents is 1. The Bertz CT molecular complexity index is 1080. The molecule has 0 aliphatic rings. The van der Waals surface area contributed by atoms with Crippen LogP contribution in [0.5, 0.6) is 5.75 Å². The Hall–Kier alpha value is -3.94.